The summed E-state index contributed by atoms with van der Waals surface area (Å²) in [6.45, 7) is 14.8. The second kappa shape index (κ2) is 12.3. The molecule has 3 heterocycles. The maximum atomic E-state index is 12.9. The van der Waals surface area contributed by atoms with Crippen LogP contribution in [-0.2, 0) is 16.9 Å². The number of likely N-dealkylation sites (tertiary alicyclic amines) is 1. The zero-order valence-corrected chi connectivity index (χ0v) is 25.9. The minimum atomic E-state index is -3.64. The Labute approximate surface area is 242 Å². The number of aryl methyl sites for hydroxylation is 2. The highest BCUT2D eigenvalue weighted by Crippen LogP contribution is 2.38. The van der Waals surface area contributed by atoms with Crippen LogP contribution in [0.1, 0.15) is 64.5 Å². The highest BCUT2D eigenvalue weighted by molar-refractivity contribution is 7.92. The van der Waals surface area contributed by atoms with Crippen LogP contribution in [0, 0.1) is 6.92 Å². The van der Waals surface area contributed by atoms with E-state index in [9.17, 15) is 8.42 Å². The van der Waals surface area contributed by atoms with Crippen molar-refractivity contribution in [2.24, 2.45) is 7.05 Å². The van der Waals surface area contributed by atoms with E-state index in [1.165, 1.54) is 28.4 Å². The van der Waals surface area contributed by atoms with Gasteiger partial charge in [0.15, 0.2) is 5.82 Å². The molecule has 1 aliphatic rings. The molecule has 1 aliphatic heterocycles. The van der Waals surface area contributed by atoms with Crippen LogP contribution in [0.25, 0.3) is 0 Å². The average Bonchev–Trinajstić information content (AvgIpc) is 3.27. The number of hydrogen-bond donors (Lipinski definition) is 2. The second-order valence-corrected chi connectivity index (χ2v) is 13.7. The van der Waals surface area contributed by atoms with E-state index < -0.39 is 15.1 Å². The lowest BCUT2D eigenvalue weighted by molar-refractivity contribution is 0.216. The molecular weight excluding hydrogens is 550 g/mol. The van der Waals surface area contributed by atoms with Gasteiger partial charge in [-0.15, -0.1) is 0 Å². The minimum absolute atomic E-state index is 0.0233. The van der Waals surface area contributed by atoms with Crippen molar-refractivity contribution < 1.29 is 13.2 Å². The number of nitrogens with one attached hydrogen (secondary N) is 2. The molecule has 3 aromatic rings. The molecule has 218 valence electrons. The lowest BCUT2D eigenvalue weighted by Crippen LogP contribution is -2.34. The third kappa shape index (κ3) is 6.70. The normalized spacial score (nSPS) is 16.5. The highest BCUT2D eigenvalue weighted by atomic mass is 35.5. The molecule has 0 spiro atoms. The Morgan fingerprint density at radius 1 is 1.18 bits per heavy atom. The number of likely N-dealkylation sites (N-methyl/N-ethyl adjacent to an activating group) is 1. The van der Waals surface area contributed by atoms with E-state index in [1.54, 1.807) is 27.1 Å². The Kier molecular flexibility index (Phi) is 9.26. The van der Waals surface area contributed by atoms with Gasteiger partial charge in [-0.25, -0.2) is 13.4 Å². The highest BCUT2D eigenvalue weighted by Gasteiger charge is 2.27. The van der Waals surface area contributed by atoms with Gasteiger partial charge >= 0.3 is 0 Å². The smallest absolute Gasteiger partial charge is 0.229 e. The number of nitrogens with zero attached hydrogens (tertiary/aromatic N) is 5. The van der Waals surface area contributed by atoms with Gasteiger partial charge in [-0.05, 0) is 89.7 Å². The lowest BCUT2D eigenvalue weighted by atomic mass is 9.87. The molecular formula is C28H40ClN7O3S. The number of halogens is 1. The molecule has 40 heavy (non-hydrogen) atoms. The van der Waals surface area contributed by atoms with Crippen molar-refractivity contribution in [3.63, 3.8) is 0 Å². The third-order valence-corrected chi connectivity index (χ3v) is 9.41. The summed E-state index contributed by atoms with van der Waals surface area (Å²) in [5.74, 6) is 1.74. The van der Waals surface area contributed by atoms with E-state index >= 15 is 0 Å². The Bertz CT molecular complexity index is 1460. The molecule has 0 radical (unpaired) electrons. The molecule has 1 saturated heterocycles. The number of aromatic nitrogens is 4. The Balaban J connectivity index is 1.65. The topological polar surface area (TPSA) is 114 Å². The number of rotatable bonds is 10. The van der Waals surface area contributed by atoms with Gasteiger partial charge in [0.2, 0.25) is 20.8 Å². The van der Waals surface area contributed by atoms with Crippen LogP contribution in [0.15, 0.2) is 29.6 Å². The molecule has 0 bridgehead atoms. The molecule has 0 amide bonds. The molecule has 1 atom stereocenters. The Hall–Kier alpha value is -2.89. The van der Waals surface area contributed by atoms with Crippen molar-refractivity contribution in [3.8, 4) is 5.75 Å². The van der Waals surface area contributed by atoms with Crippen LogP contribution in [0.2, 0.25) is 5.02 Å². The summed E-state index contributed by atoms with van der Waals surface area (Å²) in [7, 11) is -1.97. The summed E-state index contributed by atoms with van der Waals surface area (Å²) >= 11 is 6.42. The summed E-state index contributed by atoms with van der Waals surface area (Å²) in [5, 5.41) is 10.1. The van der Waals surface area contributed by atoms with Gasteiger partial charge in [-0.2, -0.15) is 10.1 Å². The van der Waals surface area contributed by atoms with Gasteiger partial charge in [0.25, 0.3) is 0 Å². The fourth-order valence-corrected chi connectivity index (χ4v) is 6.18. The van der Waals surface area contributed by atoms with Crippen LogP contribution in [-0.4, -0.2) is 64.1 Å². The molecule has 12 heteroatoms. The van der Waals surface area contributed by atoms with Gasteiger partial charge < -0.3 is 20.3 Å². The average molecular weight is 590 g/mol. The largest absolute Gasteiger partial charge is 0.489 e. The lowest BCUT2D eigenvalue weighted by Gasteiger charge is -2.33. The molecule has 0 aliphatic carbocycles. The van der Waals surface area contributed by atoms with Crippen molar-refractivity contribution >= 4 is 44.6 Å². The molecule has 2 aromatic heterocycles. The van der Waals surface area contributed by atoms with Crippen molar-refractivity contribution in [2.45, 2.75) is 76.7 Å². The summed E-state index contributed by atoms with van der Waals surface area (Å²) in [6, 6.07) is 4.23. The van der Waals surface area contributed by atoms with E-state index in [0.29, 0.717) is 17.6 Å². The zero-order chi connectivity index (χ0) is 29.2. The van der Waals surface area contributed by atoms with Gasteiger partial charge in [0, 0.05) is 19.8 Å². The van der Waals surface area contributed by atoms with Crippen molar-refractivity contribution in [1.29, 1.82) is 0 Å². The quantitative estimate of drug-likeness (QED) is 0.301. The van der Waals surface area contributed by atoms with Crippen LogP contribution < -0.4 is 15.4 Å². The molecule has 2 N–H and O–H groups in total. The fourth-order valence-electron chi connectivity index (χ4n) is 4.94. The Morgan fingerprint density at radius 2 is 1.93 bits per heavy atom. The first kappa shape index (κ1) is 30.1. The van der Waals surface area contributed by atoms with Crippen LogP contribution in [0.4, 0.5) is 23.1 Å². The van der Waals surface area contributed by atoms with E-state index in [4.69, 9.17) is 16.3 Å². The number of hydrogen-bond acceptors (Lipinski definition) is 9. The van der Waals surface area contributed by atoms with Crippen LogP contribution in [0.3, 0.4) is 0 Å². The molecule has 1 aromatic carbocycles. The minimum Gasteiger partial charge on any atom is -0.489 e. The second-order valence-electron chi connectivity index (χ2n) is 10.9. The SMILES string of the molecule is CCN1CCCC(c2cc(OC(C)C)c(Nc3ncc(Cl)c(Nc4cn(C)nc4S(=O)(=O)C(C)C)n3)cc2C)C1. The fraction of sp³-hybridized carbons (Fsp3) is 0.536. The van der Waals surface area contributed by atoms with Gasteiger partial charge in [-0.3, -0.25) is 4.68 Å². The first-order valence-corrected chi connectivity index (χ1v) is 15.7. The molecule has 0 saturated carbocycles. The number of piperidine rings is 1. The van der Waals surface area contributed by atoms with Gasteiger partial charge in [-0.1, -0.05) is 18.5 Å². The van der Waals surface area contributed by atoms with Crippen molar-refractivity contribution in [2.75, 3.05) is 30.3 Å². The number of sulfone groups is 1. The monoisotopic (exact) mass is 589 g/mol. The molecule has 4 rings (SSSR count). The predicted molar refractivity (Wildman–Crippen MR) is 160 cm³/mol. The van der Waals surface area contributed by atoms with Crippen molar-refractivity contribution in [3.05, 3.63) is 40.7 Å². The van der Waals surface area contributed by atoms with E-state index in [0.717, 1.165) is 37.5 Å². The zero-order valence-electron chi connectivity index (χ0n) is 24.3. The number of anilines is 4. The number of ether oxygens (including phenoxy) is 1. The first-order chi connectivity index (χ1) is 18.9. The maximum absolute atomic E-state index is 12.9. The summed E-state index contributed by atoms with van der Waals surface area (Å²) in [6.07, 6.45) is 5.37. The maximum Gasteiger partial charge on any atom is 0.229 e. The number of benzene rings is 1. The third-order valence-electron chi connectivity index (χ3n) is 7.05. The van der Waals surface area contributed by atoms with Crippen LogP contribution in [0.5, 0.6) is 5.75 Å². The van der Waals surface area contributed by atoms with E-state index in [-0.39, 0.29) is 22.0 Å². The summed E-state index contributed by atoms with van der Waals surface area (Å²) < 4.78 is 33.4. The summed E-state index contributed by atoms with van der Waals surface area (Å²) in [4.78, 5) is 11.4. The van der Waals surface area contributed by atoms with Gasteiger partial charge in [0.05, 0.1) is 28.9 Å². The van der Waals surface area contributed by atoms with E-state index in [2.05, 4.69) is 56.6 Å². The van der Waals surface area contributed by atoms with E-state index in [1.807, 2.05) is 13.8 Å². The molecule has 10 nitrogen and oxygen atoms in total. The molecule has 1 fully saturated rings. The summed E-state index contributed by atoms with van der Waals surface area (Å²) in [5.41, 5.74) is 3.51. The first-order valence-electron chi connectivity index (χ1n) is 13.8. The van der Waals surface area contributed by atoms with Crippen molar-refractivity contribution in [1.82, 2.24) is 24.6 Å². The predicted octanol–water partition coefficient (Wildman–Crippen LogP) is 5.83. The molecule has 1 unspecified atom stereocenters. The standard InChI is InChI=1S/C28H40ClN7O3S/c1-8-36-11-9-10-20(15-36)21-13-25(39-17(2)3)23(12-19(21)6)32-28-30-14-22(29)26(33-28)31-24-16-35(7)34-27(24)40(37,38)18(4)5/h12-14,16-18,20H,8-11,15H2,1-7H3,(H2,30,31,32,33). The van der Waals surface area contributed by atoms with Crippen LogP contribution >= 0.6 is 11.6 Å². The van der Waals surface area contributed by atoms with Gasteiger partial charge in [0.1, 0.15) is 10.8 Å². The Morgan fingerprint density at radius 3 is 2.60 bits per heavy atom.